The van der Waals surface area contributed by atoms with E-state index in [0.29, 0.717) is 18.8 Å². The van der Waals surface area contributed by atoms with Gasteiger partial charge in [0.2, 0.25) is 5.82 Å². The van der Waals surface area contributed by atoms with Crippen molar-refractivity contribution >= 4 is 90.7 Å². The van der Waals surface area contributed by atoms with Crippen LogP contribution in [0.1, 0.15) is 71.0 Å². The third-order valence-electron chi connectivity index (χ3n) is 4.22. The van der Waals surface area contributed by atoms with Crippen LogP contribution in [0.4, 0.5) is 0 Å². The Labute approximate surface area is 344 Å². The Morgan fingerprint density at radius 2 is 1.32 bits per heavy atom. The summed E-state index contributed by atoms with van der Waals surface area (Å²) in [6.07, 6.45) is 3.29. The van der Waals surface area contributed by atoms with Gasteiger partial charge in [-0.15, -0.1) is 24.2 Å². The first-order chi connectivity index (χ1) is 21.1. The summed E-state index contributed by atoms with van der Waals surface area (Å²) in [5.74, 6) is -2.69. The molecule has 3 rings (SSSR count). The number of aromatic nitrogens is 2. The Kier molecular flexibility index (Phi) is 47.1. The number of imidazole rings is 1. The Morgan fingerprint density at radius 1 is 0.920 bits per heavy atom. The van der Waals surface area contributed by atoms with E-state index in [1.54, 1.807) is 38.4 Å². The van der Waals surface area contributed by atoms with Crippen LogP contribution in [0.25, 0.3) is 11.3 Å². The number of carbonyl (C=O) groups is 5. The summed E-state index contributed by atoms with van der Waals surface area (Å²) >= 11 is 7.72. The van der Waals surface area contributed by atoms with Gasteiger partial charge in [0, 0.05) is 27.4 Å². The number of aliphatic carboxylic acids is 2. The van der Waals surface area contributed by atoms with Crippen molar-refractivity contribution in [1.29, 1.82) is 5.41 Å². The molecule has 0 amide bonds. The quantitative estimate of drug-likeness (QED) is 0.0915. The van der Waals surface area contributed by atoms with Gasteiger partial charge in [-0.25, -0.2) is 14.6 Å². The molecule has 278 valence electrons. The van der Waals surface area contributed by atoms with Gasteiger partial charge < -0.3 is 35.2 Å². The van der Waals surface area contributed by atoms with Gasteiger partial charge in [-0.1, -0.05) is 78.4 Å². The van der Waals surface area contributed by atoms with Gasteiger partial charge in [-0.3, -0.25) is 15.0 Å². The SMILES string of the molecule is C.C.C.CC(=O)O.CC(=O)[O-].CCOC(=O)C(=N)SC.CCOC(=O)c1ncc(-c2ccc(Br)cc2)[nH]1.Cl.NCC(=O)c1ccc(Br)cc1.[Na+]. The summed E-state index contributed by atoms with van der Waals surface area (Å²) in [6, 6.07) is 14.9. The van der Waals surface area contributed by atoms with Crippen LogP contribution in [0.5, 0.6) is 0 Å². The fourth-order valence-corrected chi connectivity index (χ4v) is 3.19. The zero-order valence-corrected chi connectivity index (χ0v) is 33.4. The topological polar surface area (TPSA) is 226 Å². The summed E-state index contributed by atoms with van der Waals surface area (Å²) in [5.41, 5.74) is 7.60. The number of esters is 2. The third-order valence-corrected chi connectivity index (χ3v) is 5.85. The van der Waals surface area contributed by atoms with Crippen LogP contribution < -0.4 is 40.4 Å². The molecule has 3 aromatic rings. The van der Waals surface area contributed by atoms with Crippen molar-refractivity contribution in [2.24, 2.45) is 5.73 Å². The minimum atomic E-state index is -1.08. The molecule has 0 bridgehead atoms. The molecule has 0 atom stereocenters. The van der Waals surface area contributed by atoms with Crippen molar-refractivity contribution < 1.29 is 73.2 Å². The molecular formula is C32H48Br2ClN4NaO9S. The Bertz CT molecular complexity index is 1360. The van der Waals surface area contributed by atoms with Gasteiger partial charge in [0.15, 0.2) is 10.8 Å². The number of rotatable bonds is 6. The standard InChI is InChI=1S/C12H11BrN2O2.C8H8BrNO.C5H9NO2S.2C2H4O2.3CH4.ClH.Na/c1-2-17-12(16)11-14-7-10(15-11)8-3-5-9(13)6-4-8;9-7-3-1-6(2-4-7)8(11)5-10;1-3-8-5(7)4(6)9-2;2*1-2(3)4;;;;;/h3-7H,2H2,1H3,(H,14,15);1-4H,5,10H2;6H,3H2,1-2H3;2*1H3,(H,3,4);3*1H4;1H;/q;;;;;;;;;+1/p-1. The Hall–Kier alpha value is -2.57. The van der Waals surface area contributed by atoms with E-state index in [1.807, 2.05) is 36.4 Å². The van der Waals surface area contributed by atoms with Gasteiger partial charge in [0.1, 0.15) is 0 Å². The average Bonchev–Trinajstić information content (AvgIpc) is 3.48. The van der Waals surface area contributed by atoms with E-state index >= 15 is 0 Å². The smallest absolute Gasteiger partial charge is 0.550 e. The van der Waals surface area contributed by atoms with Crippen molar-refractivity contribution in [3.05, 3.63) is 75.1 Å². The number of H-pyrrole nitrogens is 1. The zero-order valence-electron chi connectivity index (χ0n) is 26.6. The molecule has 0 aliphatic carbocycles. The van der Waals surface area contributed by atoms with Crippen LogP contribution in [0.15, 0.2) is 63.7 Å². The maximum absolute atomic E-state index is 11.4. The van der Waals surface area contributed by atoms with Crippen LogP contribution in [-0.2, 0) is 23.9 Å². The molecule has 0 aliphatic rings. The minimum Gasteiger partial charge on any atom is -0.550 e. The number of ether oxygens (including phenoxy) is 2. The predicted octanol–water partition coefficient (Wildman–Crippen LogP) is 3.68. The first kappa shape index (κ1) is 62.6. The fraction of sp³-hybridized carbons (Fsp3) is 0.344. The van der Waals surface area contributed by atoms with E-state index in [0.717, 1.165) is 45.8 Å². The molecule has 0 spiro atoms. The van der Waals surface area contributed by atoms with E-state index in [9.17, 15) is 14.4 Å². The second-order valence-corrected chi connectivity index (χ2v) is 10.4. The molecule has 18 heteroatoms. The molecule has 50 heavy (non-hydrogen) atoms. The summed E-state index contributed by atoms with van der Waals surface area (Å²) in [5, 5.41) is 23.2. The second kappa shape index (κ2) is 37.7. The van der Waals surface area contributed by atoms with E-state index in [4.69, 9.17) is 35.7 Å². The van der Waals surface area contributed by atoms with E-state index in [-0.39, 0.29) is 87.4 Å². The monoisotopic (exact) mass is 880 g/mol. The van der Waals surface area contributed by atoms with E-state index < -0.39 is 23.9 Å². The number of Topliss-reactive ketones (excluding diaryl/α,β-unsaturated/α-hetero) is 1. The minimum absolute atomic E-state index is 0. The number of hydrogen-bond donors (Lipinski definition) is 4. The number of nitrogens with two attached hydrogens (primary N) is 1. The van der Waals surface area contributed by atoms with Crippen molar-refractivity contribution in [3.8, 4) is 11.3 Å². The third kappa shape index (κ3) is 32.6. The molecule has 1 heterocycles. The van der Waals surface area contributed by atoms with Crippen molar-refractivity contribution in [3.63, 3.8) is 0 Å². The van der Waals surface area contributed by atoms with Crippen molar-refractivity contribution in [2.75, 3.05) is 26.0 Å². The van der Waals surface area contributed by atoms with Crippen LogP contribution in [0, 0.1) is 5.41 Å². The average molecular weight is 883 g/mol. The molecule has 0 saturated carbocycles. The van der Waals surface area contributed by atoms with Crippen LogP contribution >= 0.6 is 56.0 Å². The molecule has 0 aliphatic heterocycles. The van der Waals surface area contributed by atoms with Crippen LogP contribution in [0.2, 0.25) is 0 Å². The Morgan fingerprint density at radius 3 is 1.68 bits per heavy atom. The first-order valence-corrected chi connectivity index (χ1v) is 15.6. The van der Waals surface area contributed by atoms with E-state index in [2.05, 4.69) is 46.6 Å². The van der Waals surface area contributed by atoms with Crippen LogP contribution in [-0.4, -0.2) is 75.8 Å². The zero-order chi connectivity index (χ0) is 34.9. The summed E-state index contributed by atoms with van der Waals surface area (Å²) in [7, 11) is 0. The number of ketones is 1. The van der Waals surface area contributed by atoms with Gasteiger partial charge >= 0.3 is 41.5 Å². The maximum Gasteiger partial charge on any atom is 1.00 e. The molecule has 0 unspecified atom stereocenters. The van der Waals surface area contributed by atoms with Crippen molar-refractivity contribution in [1.82, 2.24) is 9.97 Å². The van der Waals surface area contributed by atoms with Crippen molar-refractivity contribution in [2.45, 2.75) is 50.0 Å². The first-order valence-electron chi connectivity index (χ1n) is 12.8. The van der Waals surface area contributed by atoms with Gasteiger partial charge in [0.25, 0.3) is 5.97 Å². The molecule has 1 aromatic heterocycles. The number of hydrogen-bond acceptors (Lipinski definition) is 12. The normalized spacial score (nSPS) is 8.16. The number of carboxylic acid groups (broad SMARTS) is 2. The molecule has 0 fully saturated rings. The number of carboxylic acids is 2. The maximum atomic E-state index is 11.4. The number of benzene rings is 2. The molecule has 13 nitrogen and oxygen atoms in total. The van der Waals surface area contributed by atoms with Crippen LogP contribution in [0.3, 0.4) is 0 Å². The number of nitrogens with zero attached hydrogens (tertiary/aromatic N) is 1. The molecule has 5 N–H and O–H groups in total. The van der Waals surface area contributed by atoms with E-state index in [1.165, 1.54) is 0 Å². The molecule has 2 aromatic carbocycles. The molecule has 0 radical (unpaired) electrons. The molecule has 0 saturated heterocycles. The number of halogens is 3. The number of aromatic amines is 1. The van der Waals surface area contributed by atoms with Gasteiger partial charge in [0.05, 0.1) is 31.6 Å². The predicted molar refractivity (Wildman–Crippen MR) is 205 cm³/mol. The Balaban J connectivity index is -0.0000000992. The summed E-state index contributed by atoms with van der Waals surface area (Å²) in [6.45, 7) is 6.28. The second-order valence-electron chi connectivity index (χ2n) is 7.77. The summed E-state index contributed by atoms with van der Waals surface area (Å²) in [4.78, 5) is 57.7. The summed E-state index contributed by atoms with van der Waals surface area (Å²) < 4.78 is 11.3. The number of thioether (sulfide) groups is 1. The number of nitrogens with one attached hydrogen (secondary N) is 2. The molecular weight excluding hydrogens is 835 g/mol. The largest absolute Gasteiger partial charge is 1.00 e. The number of carbonyl (C=O) groups excluding carboxylic acids is 4. The van der Waals surface area contributed by atoms with Gasteiger partial charge in [-0.05, 0) is 56.9 Å². The van der Waals surface area contributed by atoms with Gasteiger partial charge in [-0.2, -0.15) is 0 Å². The fourth-order valence-electron chi connectivity index (χ4n) is 2.43.